The molecule has 0 spiro atoms. The number of nitrogens with one attached hydrogen (secondary N) is 2. The largest absolute Gasteiger partial charge is 0.392 e. The van der Waals surface area contributed by atoms with Gasteiger partial charge < -0.3 is 11.5 Å². The predicted octanol–water partition coefficient (Wildman–Crippen LogP) is 1.43. The van der Waals surface area contributed by atoms with Gasteiger partial charge in [0.1, 0.15) is 0 Å². The standard InChI is InChI=1S/C14H24N8S3/c1-8(17-7-12(15)23)5-9(2)18-14(25)22-20-11(4)6-10(3)19-21-13(16)24/h5-7H2,1-4H3,(H2,15,23)(H,22,25)(H3,16,21,24)/b17-8?,18-9?,19-10+,20-11+. The predicted molar refractivity (Wildman–Crippen MR) is 119 cm³/mol. The third-order valence-electron chi connectivity index (χ3n) is 2.52. The summed E-state index contributed by atoms with van der Waals surface area (Å²) < 4.78 is 0. The summed E-state index contributed by atoms with van der Waals surface area (Å²) in [5, 5.41) is 8.56. The smallest absolute Gasteiger partial charge is 0.213 e. The SMILES string of the molecule is CC(CC(C)=NC(=S)N/N=C(\C)C/C(C)=N/NC(N)=S)=NCC(N)=S. The van der Waals surface area contributed by atoms with Crippen LogP contribution in [0.2, 0.25) is 0 Å². The zero-order chi connectivity index (χ0) is 19.4. The van der Waals surface area contributed by atoms with Gasteiger partial charge in [-0.3, -0.25) is 15.8 Å². The second-order valence-electron chi connectivity index (χ2n) is 5.31. The lowest BCUT2D eigenvalue weighted by Crippen LogP contribution is -2.25. The molecule has 0 saturated carbocycles. The van der Waals surface area contributed by atoms with Gasteiger partial charge >= 0.3 is 0 Å². The monoisotopic (exact) mass is 400 g/mol. The number of rotatable bonds is 8. The Morgan fingerprint density at radius 3 is 1.84 bits per heavy atom. The number of hydrogen-bond donors (Lipinski definition) is 4. The van der Waals surface area contributed by atoms with Crippen molar-refractivity contribution in [2.75, 3.05) is 6.54 Å². The summed E-state index contributed by atoms with van der Waals surface area (Å²) in [4.78, 5) is 8.87. The number of aliphatic imine (C=N–C) groups is 2. The number of hydrogen-bond acceptors (Lipinski definition) is 6. The third kappa shape index (κ3) is 14.2. The molecule has 6 N–H and O–H groups in total. The van der Waals surface area contributed by atoms with Gasteiger partial charge in [-0.25, -0.2) is 4.99 Å². The molecule has 0 aliphatic carbocycles. The van der Waals surface area contributed by atoms with Gasteiger partial charge in [0.05, 0.1) is 11.5 Å². The lowest BCUT2D eigenvalue weighted by molar-refractivity contribution is 1.00. The molecule has 25 heavy (non-hydrogen) atoms. The van der Waals surface area contributed by atoms with E-state index in [2.05, 4.69) is 43.3 Å². The van der Waals surface area contributed by atoms with E-state index in [0.29, 0.717) is 24.4 Å². The first-order valence-electron chi connectivity index (χ1n) is 7.34. The van der Waals surface area contributed by atoms with Crippen LogP contribution >= 0.6 is 36.7 Å². The highest BCUT2D eigenvalue weighted by molar-refractivity contribution is 7.80. The molecule has 0 aromatic carbocycles. The van der Waals surface area contributed by atoms with E-state index in [1.54, 1.807) is 0 Å². The zero-order valence-electron chi connectivity index (χ0n) is 14.8. The third-order valence-corrected chi connectivity index (χ3v) is 2.92. The number of nitrogens with zero attached hydrogens (tertiary/aromatic N) is 4. The Bertz CT molecular complexity index is 634. The van der Waals surface area contributed by atoms with Gasteiger partial charge in [-0.15, -0.1) is 0 Å². The van der Waals surface area contributed by atoms with Crippen molar-refractivity contribution >= 4 is 74.7 Å². The molecule has 0 radical (unpaired) electrons. The van der Waals surface area contributed by atoms with Gasteiger partial charge in [0.25, 0.3) is 0 Å². The average molecular weight is 401 g/mol. The van der Waals surface area contributed by atoms with Gasteiger partial charge in [0.15, 0.2) is 5.11 Å². The first-order chi connectivity index (χ1) is 11.6. The molecule has 0 aliphatic heterocycles. The summed E-state index contributed by atoms with van der Waals surface area (Å²) in [6.07, 6.45) is 1.13. The Labute approximate surface area is 164 Å². The molecule has 0 bridgehead atoms. The Balaban J connectivity index is 4.52. The second-order valence-corrected chi connectivity index (χ2v) is 6.66. The fourth-order valence-electron chi connectivity index (χ4n) is 1.62. The molecule has 0 rings (SSSR count). The second kappa shape index (κ2) is 12.5. The molecule has 0 heterocycles. The van der Waals surface area contributed by atoms with Crippen LogP contribution in [-0.4, -0.2) is 44.6 Å². The maximum Gasteiger partial charge on any atom is 0.213 e. The quantitative estimate of drug-likeness (QED) is 0.276. The van der Waals surface area contributed by atoms with E-state index in [9.17, 15) is 0 Å². The molecular weight excluding hydrogens is 376 g/mol. The van der Waals surface area contributed by atoms with Crippen LogP contribution in [0.1, 0.15) is 40.5 Å². The Morgan fingerprint density at radius 1 is 0.800 bits per heavy atom. The molecule has 8 nitrogen and oxygen atoms in total. The number of hydrazone groups is 2. The molecule has 0 amide bonds. The molecule has 0 atom stereocenters. The van der Waals surface area contributed by atoms with Crippen molar-refractivity contribution in [3.05, 3.63) is 0 Å². The van der Waals surface area contributed by atoms with Gasteiger partial charge in [-0.05, 0) is 52.1 Å². The zero-order valence-corrected chi connectivity index (χ0v) is 17.2. The summed E-state index contributed by atoms with van der Waals surface area (Å²) in [5.41, 5.74) is 19.2. The lowest BCUT2D eigenvalue weighted by atomic mass is 10.2. The molecule has 0 aromatic rings. The van der Waals surface area contributed by atoms with Crippen LogP contribution in [0.3, 0.4) is 0 Å². The van der Waals surface area contributed by atoms with E-state index in [0.717, 1.165) is 22.8 Å². The van der Waals surface area contributed by atoms with Crippen LogP contribution in [0.15, 0.2) is 20.2 Å². The summed E-state index contributed by atoms with van der Waals surface area (Å²) >= 11 is 14.6. The Hall–Kier alpha value is -1.85. The highest BCUT2D eigenvalue weighted by Gasteiger charge is 2.00. The minimum Gasteiger partial charge on any atom is -0.392 e. The van der Waals surface area contributed by atoms with Gasteiger partial charge in [0, 0.05) is 35.7 Å². The summed E-state index contributed by atoms with van der Waals surface area (Å²) in [6, 6.07) is 0. The summed E-state index contributed by atoms with van der Waals surface area (Å²) in [6.45, 7) is 7.77. The lowest BCUT2D eigenvalue weighted by Gasteiger charge is -2.04. The Kier molecular flexibility index (Phi) is 11.6. The van der Waals surface area contributed by atoms with E-state index in [-0.39, 0.29) is 10.2 Å². The van der Waals surface area contributed by atoms with Crippen molar-refractivity contribution in [2.24, 2.45) is 31.7 Å². The van der Waals surface area contributed by atoms with Crippen molar-refractivity contribution in [1.82, 2.24) is 10.9 Å². The van der Waals surface area contributed by atoms with Crippen molar-refractivity contribution < 1.29 is 0 Å². The van der Waals surface area contributed by atoms with E-state index in [1.807, 2.05) is 27.7 Å². The minimum absolute atomic E-state index is 0.116. The van der Waals surface area contributed by atoms with Crippen LogP contribution < -0.4 is 22.3 Å². The van der Waals surface area contributed by atoms with Crippen molar-refractivity contribution in [3.8, 4) is 0 Å². The van der Waals surface area contributed by atoms with Crippen molar-refractivity contribution in [1.29, 1.82) is 0 Å². The first-order valence-corrected chi connectivity index (χ1v) is 8.56. The van der Waals surface area contributed by atoms with E-state index in [4.69, 9.17) is 35.9 Å². The number of nitrogens with two attached hydrogens (primary N) is 2. The topological polar surface area (TPSA) is 126 Å². The molecule has 0 saturated heterocycles. The molecule has 0 fully saturated rings. The summed E-state index contributed by atoms with van der Waals surface area (Å²) in [7, 11) is 0. The van der Waals surface area contributed by atoms with Crippen molar-refractivity contribution in [2.45, 2.75) is 40.5 Å². The highest BCUT2D eigenvalue weighted by Crippen LogP contribution is 1.94. The van der Waals surface area contributed by atoms with E-state index < -0.39 is 0 Å². The van der Waals surface area contributed by atoms with E-state index >= 15 is 0 Å². The van der Waals surface area contributed by atoms with Gasteiger partial charge in [-0.1, -0.05) is 12.2 Å². The fourth-order valence-corrected chi connectivity index (χ4v) is 1.93. The van der Waals surface area contributed by atoms with E-state index in [1.165, 1.54) is 0 Å². The van der Waals surface area contributed by atoms with Crippen molar-refractivity contribution in [3.63, 3.8) is 0 Å². The molecule has 138 valence electrons. The summed E-state index contributed by atoms with van der Waals surface area (Å²) in [5.74, 6) is 0. The maximum atomic E-state index is 5.41. The van der Waals surface area contributed by atoms with Crippen LogP contribution in [0, 0.1) is 0 Å². The highest BCUT2D eigenvalue weighted by atomic mass is 32.1. The van der Waals surface area contributed by atoms with Crippen LogP contribution in [-0.2, 0) is 0 Å². The normalized spacial score (nSPS) is 13.4. The Morgan fingerprint density at radius 2 is 1.32 bits per heavy atom. The van der Waals surface area contributed by atoms with Crippen LogP contribution in [0.4, 0.5) is 0 Å². The van der Waals surface area contributed by atoms with Crippen LogP contribution in [0.5, 0.6) is 0 Å². The van der Waals surface area contributed by atoms with Gasteiger partial charge in [0.2, 0.25) is 5.11 Å². The molecule has 0 aliphatic rings. The van der Waals surface area contributed by atoms with Crippen LogP contribution in [0.25, 0.3) is 0 Å². The minimum atomic E-state index is 0.116. The number of thiocarbonyl (C=S) groups is 3. The molecule has 0 aromatic heterocycles. The maximum absolute atomic E-state index is 5.41. The molecular formula is C14H24N8S3. The van der Waals surface area contributed by atoms with Gasteiger partial charge in [-0.2, -0.15) is 10.2 Å². The molecule has 11 heteroatoms. The first kappa shape index (κ1) is 23.1. The fraction of sp³-hybridized carbons (Fsp3) is 0.500. The average Bonchev–Trinajstić information content (AvgIpc) is 2.48. The molecule has 0 unspecified atom stereocenters.